The van der Waals surface area contributed by atoms with Crippen molar-refractivity contribution >= 4 is 0 Å². The third-order valence-corrected chi connectivity index (χ3v) is 2.60. The number of H-pyrrole nitrogens is 1. The van der Waals surface area contributed by atoms with Gasteiger partial charge in [0, 0.05) is 12.3 Å². The molecular weight excluding hydrogens is 216 g/mol. The first kappa shape index (κ1) is 11.1. The average molecular weight is 228 g/mol. The lowest BCUT2D eigenvalue weighted by molar-refractivity contribution is -0.0351. The van der Waals surface area contributed by atoms with Crippen LogP contribution in [0.4, 0.5) is 0 Å². The highest BCUT2D eigenvalue weighted by atomic mass is 16.6. The zero-order valence-electron chi connectivity index (χ0n) is 8.53. The number of hydrogen-bond donors (Lipinski definition) is 3. The Hall–Kier alpha value is -1.44. The molecule has 0 saturated carbocycles. The van der Waals surface area contributed by atoms with Gasteiger partial charge in [-0.15, -0.1) is 0 Å². The van der Waals surface area contributed by atoms with Crippen LogP contribution in [0.5, 0.6) is 0 Å². The molecule has 1 aliphatic rings. The third-order valence-electron chi connectivity index (χ3n) is 2.60. The molecule has 1 aromatic rings. The molecule has 0 aromatic carbocycles. The zero-order chi connectivity index (χ0) is 11.9. The predicted octanol–water partition coefficient (Wildman–Crippen LogP) is -1.82. The first-order chi connectivity index (χ1) is 7.50. The fraction of sp³-hybridized carbons (Fsp3) is 0.556. The summed E-state index contributed by atoms with van der Waals surface area (Å²) in [5.74, 6) is 0. The van der Waals surface area contributed by atoms with E-state index in [-0.39, 0.29) is 0 Å². The lowest BCUT2D eigenvalue weighted by Crippen LogP contribution is -2.37. The van der Waals surface area contributed by atoms with Gasteiger partial charge in [-0.2, -0.15) is 0 Å². The van der Waals surface area contributed by atoms with E-state index in [1.807, 2.05) is 4.98 Å². The van der Waals surface area contributed by atoms with E-state index in [4.69, 9.17) is 4.74 Å². The largest absolute Gasteiger partial charge is 0.388 e. The van der Waals surface area contributed by atoms with Crippen LogP contribution in [0.25, 0.3) is 0 Å². The predicted molar refractivity (Wildman–Crippen MR) is 52.9 cm³/mol. The van der Waals surface area contributed by atoms with Crippen molar-refractivity contribution in [1.82, 2.24) is 9.55 Å². The standard InChI is InChI=1S/C9H12N2O5/c1-4-6(13)7(14)8(16-4)11-3-2-5(12)10-9(11)15/h2-4,6-8,13-14H,1H3,(H,10,12,15)/t4-,6-,7-,8?/m1/s1. The van der Waals surface area contributed by atoms with E-state index in [0.29, 0.717) is 0 Å². The Labute approximate surface area is 89.9 Å². The van der Waals surface area contributed by atoms with Gasteiger partial charge in [0.15, 0.2) is 6.23 Å². The molecule has 0 aliphatic carbocycles. The molecule has 7 heteroatoms. The van der Waals surface area contributed by atoms with E-state index in [1.54, 1.807) is 6.92 Å². The fourth-order valence-electron chi connectivity index (χ4n) is 1.69. The van der Waals surface area contributed by atoms with Gasteiger partial charge in [-0.3, -0.25) is 14.3 Å². The summed E-state index contributed by atoms with van der Waals surface area (Å²) in [6, 6.07) is 1.15. The maximum atomic E-state index is 11.4. The minimum atomic E-state index is -1.20. The van der Waals surface area contributed by atoms with Gasteiger partial charge in [-0.1, -0.05) is 0 Å². The number of nitrogens with zero attached hydrogens (tertiary/aromatic N) is 1. The molecule has 1 saturated heterocycles. The van der Waals surface area contributed by atoms with E-state index >= 15 is 0 Å². The number of ether oxygens (including phenoxy) is 1. The second-order valence-corrected chi connectivity index (χ2v) is 3.73. The Balaban J connectivity index is 2.39. The summed E-state index contributed by atoms with van der Waals surface area (Å²) in [5, 5.41) is 19.1. The van der Waals surface area contributed by atoms with Gasteiger partial charge in [-0.05, 0) is 6.92 Å². The topological polar surface area (TPSA) is 105 Å². The summed E-state index contributed by atoms with van der Waals surface area (Å²) in [5.41, 5.74) is -1.21. The van der Waals surface area contributed by atoms with Crippen LogP contribution in [0.3, 0.4) is 0 Å². The molecule has 88 valence electrons. The molecule has 1 aliphatic heterocycles. The van der Waals surface area contributed by atoms with Crippen LogP contribution >= 0.6 is 0 Å². The molecule has 0 amide bonds. The molecule has 0 radical (unpaired) electrons. The van der Waals surface area contributed by atoms with E-state index in [0.717, 1.165) is 10.6 Å². The summed E-state index contributed by atoms with van der Waals surface area (Å²) < 4.78 is 6.27. The molecule has 4 atom stereocenters. The van der Waals surface area contributed by atoms with Crippen molar-refractivity contribution in [2.24, 2.45) is 0 Å². The van der Waals surface area contributed by atoms with Crippen LogP contribution in [-0.4, -0.2) is 38.1 Å². The molecular formula is C9H12N2O5. The van der Waals surface area contributed by atoms with Gasteiger partial charge in [0.2, 0.25) is 0 Å². The van der Waals surface area contributed by atoms with Gasteiger partial charge in [0.1, 0.15) is 12.2 Å². The molecule has 16 heavy (non-hydrogen) atoms. The molecule has 1 unspecified atom stereocenters. The van der Waals surface area contributed by atoms with Crippen LogP contribution in [0.2, 0.25) is 0 Å². The van der Waals surface area contributed by atoms with Gasteiger partial charge >= 0.3 is 5.69 Å². The molecule has 1 fully saturated rings. The summed E-state index contributed by atoms with van der Waals surface area (Å²) in [4.78, 5) is 24.3. The average Bonchev–Trinajstić information content (AvgIpc) is 2.46. The molecule has 1 aromatic heterocycles. The summed E-state index contributed by atoms with van der Waals surface area (Å²) in [6.07, 6.45) is -2.57. The number of rotatable bonds is 1. The summed E-state index contributed by atoms with van der Waals surface area (Å²) in [6.45, 7) is 1.59. The van der Waals surface area contributed by atoms with E-state index in [1.165, 1.54) is 6.20 Å². The van der Waals surface area contributed by atoms with Crippen molar-refractivity contribution < 1.29 is 14.9 Å². The van der Waals surface area contributed by atoms with Crippen molar-refractivity contribution in [1.29, 1.82) is 0 Å². The number of aliphatic hydroxyl groups excluding tert-OH is 2. The Morgan fingerprint density at radius 2 is 2.06 bits per heavy atom. The number of aromatic nitrogens is 2. The Kier molecular flexibility index (Phi) is 2.66. The number of hydrogen-bond acceptors (Lipinski definition) is 5. The highest BCUT2D eigenvalue weighted by molar-refractivity contribution is 4.91. The summed E-state index contributed by atoms with van der Waals surface area (Å²) in [7, 11) is 0. The van der Waals surface area contributed by atoms with Crippen LogP contribution in [0, 0.1) is 0 Å². The number of nitrogens with one attached hydrogen (secondary N) is 1. The Bertz CT molecular complexity index is 493. The van der Waals surface area contributed by atoms with Crippen LogP contribution in [0.1, 0.15) is 13.2 Å². The van der Waals surface area contributed by atoms with Crippen molar-refractivity contribution in [2.75, 3.05) is 0 Å². The zero-order valence-corrected chi connectivity index (χ0v) is 8.53. The lowest BCUT2D eigenvalue weighted by atomic mass is 10.1. The highest BCUT2D eigenvalue weighted by Crippen LogP contribution is 2.27. The van der Waals surface area contributed by atoms with Gasteiger partial charge in [-0.25, -0.2) is 4.79 Å². The quantitative estimate of drug-likeness (QED) is 0.524. The monoisotopic (exact) mass is 228 g/mol. The van der Waals surface area contributed by atoms with Crippen molar-refractivity contribution in [3.05, 3.63) is 33.1 Å². The fourth-order valence-corrected chi connectivity index (χ4v) is 1.69. The summed E-state index contributed by atoms with van der Waals surface area (Å²) >= 11 is 0. The van der Waals surface area contributed by atoms with Gasteiger partial charge < -0.3 is 14.9 Å². The minimum Gasteiger partial charge on any atom is -0.388 e. The smallest absolute Gasteiger partial charge is 0.330 e. The highest BCUT2D eigenvalue weighted by Gasteiger charge is 2.41. The van der Waals surface area contributed by atoms with Crippen molar-refractivity contribution in [3.63, 3.8) is 0 Å². The van der Waals surface area contributed by atoms with Crippen molar-refractivity contribution in [2.45, 2.75) is 31.5 Å². The molecule has 7 nitrogen and oxygen atoms in total. The molecule has 2 heterocycles. The second kappa shape index (κ2) is 3.85. The first-order valence-electron chi connectivity index (χ1n) is 4.84. The Morgan fingerprint density at radius 1 is 1.38 bits per heavy atom. The number of aromatic amines is 1. The van der Waals surface area contributed by atoms with Crippen LogP contribution in [-0.2, 0) is 4.74 Å². The van der Waals surface area contributed by atoms with Gasteiger partial charge in [0.25, 0.3) is 5.56 Å². The Morgan fingerprint density at radius 3 is 2.56 bits per heavy atom. The third kappa shape index (κ3) is 1.69. The SMILES string of the molecule is C[C@H]1OC(n2ccc(=O)[nH]c2=O)[C@H](O)[C@@H]1O. The van der Waals surface area contributed by atoms with E-state index in [2.05, 4.69) is 0 Å². The van der Waals surface area contributed by atoms with E-state index in [9.17, 15) is 19.8 Å². The molecule has 3 N–H and O–H groups in total. The van der Waals surface area contributed by atoms with Crippen molar-refractivity contribution in [3.8, 4) is 0 Å². The maximum Gasteiger partial charge on any atom is 0.330 e. The molecule has 0 bridgehead atoms. The lowest BCUT2D eigenvalue weighted by Gasteiger charge is -2.16. The maximum absolute atomic E-state index is 11.4. The number of aliphatic hydroxyl groups is 2. The first-order valence-corrected chi connectivity index (χ1v) is 4.84. The normalized spacial score (nSPS) is 34.2. The van der Waals surface area contributed by atoms with Crippen LogP contribution in [0.15, 0.2) is 21.9 Å². The van der Waals surface area contributed by atoms with E-state index < -0.39 is 35.8 Å². The second-order valence-electron chi connectivity index (χ2n) is 3.73. The van der Waals surface area contributed by atoms with Crippen LogP contribution < -0.4 is 11.2 Å². The van der Waals surface area contributed by atoms with Gasteiger partial charge in [0.05, 0.1) is 6.10 Å². The molecule has 0 spiro atoms. The minimum absolute atomic E-state index is 0.526. The molecule has 2 rings (SSSR count).